The van der Waals surface area contributed by atoms with Crippen LogP contribution in [0.4, 0.5) is 0 Å². The van der Waals surface area contributed by atoms with E-state index in [-0.39, 0.29) is 6.16 Å². The van der Waals surface area contributed by atoms with Gasteiger partial charge in [0.2, 0.25) is 0 Å². The number of hydrogen-bond donors (Lipinski definition) is 0. The molecule has 216 valence electrons. The quantitative estimate of drug-likeness (QED) is 0.105. The largest absolute Gasteiger partial charge is 0.464 e. The Bertz CT molecular complexity index is 1230. The van der Waals surface area contributed by atoms with Crippen LogP contribution in [-0.2, 0) is 38.7 Å². The van der Waals surface area contributed by atoms with Gasteiger partial charge in [-0.15, -0.1) is 0 Å². The number of benzene rings is 2. The van der Waals surface area contributed by atoms with Crippen LogP contribution in [0.3, 0.4) is 0 Å². The van der Waals surface area contributed by atoms with Crippen molar-refractivity contribution >= 4 is 54.1 Å². The average molecular weight is 645 g/mol. The van der Waals surface area contributed by atoms with Crippen LogP contribution in [0.15, 0.2) is 69.9 Å². The van der Waals surface area contributed by atoms with Gasteiger partial charge in [-0.05, 0) is 46.8 Å². The van der Waals surface area contributed by atoms with Crippen molar-refractivity contribution < 1.29 is 36.0 Å². The summed E-state index contributed by atoms with van der Waals surface area (Å²) < 4.78 is 49.2. The van der Waals surface area contributed by atoms with Crippen molar-refractivity contribution in [2.75, 3.05) is 33.0 Å². The van der Waals surface area contributed by atoms with Gasteiger partial charge >= 0.3 is 16.2 Å². The number of fused-ring (bicyclic) bond motifs is 2. The minimum atomic E-state index is -3.07. The van der Waals surface area contributed by atoms with Crippen LogP contribution in [0.5, 0.6) is 0 Å². The summed E-state index contributed by atoms with van der Waals surface area (Å²) in [6.45, 7) is 12.1. The van der Waals surface area contributed by atoms with Gasteiger partial charge < -0.3 is 31.5 Å². The highest BCUT2D eigenvalue weighted by Gasteiger charge is 2.26. The minimum absolute atomic E-state index is 0.242. The highest BCUT2D eigenvalue weighted by molar-refractivity contribution is 9.08. The first-order chi connectivity index (χ1) is 18.9. The molecule has 2 heterocycles. The molecule has 0 aliphatic carbocycles. The lowest BCUT2D eigenvalue weighted by atomic mass is 10.2. The Balaban J connectivity index is 0.000000219. The summed E-state index contributed by atoms with van der Waals surface area (Å²) in [5, 5.41) is 3.01. The van der Waals surface area contributed by atoms with Gasteiger partial charge in [-0.1, -0.05) is 52.3 Å². The summed E-state index contributed by atoms with van der Waals surface area (Å²) in [6.07, 6.45) is 3.65. The van der Waals surface area contributed by atoms with Crippen LogP contribution in [0, 0.1) is 0 Å². The molecule has 4 aromatic rings. The summed E-state index contributed by atoms with van der Waals surface area (Å²) in [6, 6.07) is 15.7. The fourth-order valence-electron chi connectivity index (χ4n) is 3.45. The topological polar surface area (TPSA) is 89.5 Å². The molecule has 0 bridgehead atoms. The normalized spacial score (nSPS) is 11.4. The van der Waals surface area contributed by atoms with Gasteiger partial charge in [0.05, 0.1) is 51.7 Å². The molecule has 0 atom stereocenters. The van der Waals surface area contributed by atoms with Crippen LogP contribution in [0.25, 0.3) is 21.9 Å². The summed E-state index contributed by atoms with van der Waals surface area (Å²) in [7, 11) is -4.13. The monoisotopic (exact) mass is 644 g/mol. The number of rotatable bonds is 13. The van der Waals surface area contributed by atoms with Gasteiger partial charge in [0.15, 0.2) is 0 Å². The zero-order valence-corrected chi connectivity index (χ0v) is 26.6. The Hall–Kier alpha value is -1.54. The van der Waals surface area contributed by atoms with Crippen LogP contribution in [0.2, 0.25) is 0 Å². The van der Waals surface area contributed by atoms with Crippen molar-refractivity contribution in [3.63, 3.8) is 0 Å². The van der Waals surface area contributed by atoms with E-state index in [0.717, 1.165) is 27.4 Å². The van der Waals surface area contributed by atoms with Crippen molar-refractivity contribution in [1.82, 2.24) is 0 Å². The molecule has 11 heteroatoms. The van der Waals surface area contributed by atoms with Crippen LogP contribution >= 0.6 is 32.1 Å². The maximum Gasteiger partial charge on any atom is 0.335 e. The third kappa shape index (κ3) is 11.1. The van der Waals surface area contributed by atoms with E-state index in [1.54, 1.807) is 26.4 Å². The van der Waals surface area contributed by atoms with E-state index >= 15 is 0 Å². The molecule has 39 heavy (non-hydrogen) atoms. The van der Waals surface area contributed by atoms with Crippen LogP contribution in [-0.4, -0.2) is 33.0 Å². The Morgan fingerprint density at radius 3 is 1.56 bits per heavy atom. The van der Waals surface area contributed by atoms with Crippen molar-refractivity contribution in [3.8, 4) is 0 Å². The SMILES string of the molecule is BrCc1coc2ccccc12.CCOP(=O)(Cc1coc2ccccc12)OCC.CCOP(OCC)OCC. The first kappa shape index (κ1) is 33.7. The summed E-state index contributed by atoms with van der Waals surface area (Å²) >= 11 is 3.40. The van der Waals surface area contributed by atoms with Crippen molar-refractivity contribution in [2.24, 2.45) is 0 Å². The van der Waals surface area contributed by atoms with Crippen molar-refractivity contribution in [3.05, 3.63) is 72.2 Å². The standard InChI is InChI=1S/C13H17O4P.C9H7BrO.C6H15O3P/c1-3-16-18(14,17-4-2)10-11-9-15-13-8-6-5-7-12(11)13;10-5-7-6-11-9-4-2-1-3-8(7)9;1-4-7-10(8-5-2)9-6-3/h5-9H,3-4,10H2,1-2H3;1-4,6H,5H2;4-6H2,1-3H3. The fraction of sp³-hybridized carbons (Fsp3) is 0.429. The fourth-order valence-corrected chi connectivity index (χ4v) is 6.45. The molecule has 4 rings (SSSR count). The van der Waals surface area contributed by atoms with Crippen molar-refractivity contribution in [2.45, 2.75) is 46.1 Å². The van der Waals surface area contributed by atoms with Crippen LogP contribution in [0.1, 0.15) is 45.7 Å². The third-order valence-corrected chi connectivity index (χ3v) is 9.03. The molecule has 0 N–H and O–H groups in total. The highest BCUT2D eigenvalue weighted by atomic mass is 79.9. The molecule has 0 radical (unpaired) electrons. The number of furan rings is 2. The Labute approximate surface area is 240 Å². The molecule has 0 saturated carbocycles. The lowest BCUT2D eigenvalue weighted by Crippen LogP contribution is -1.98. The minimum Gasteiger partial charge on any atom is -0.464 e. The number of para-hydroxylation sites is 2. The van der Waals surface area contributed by atoms with Crippen LogP contribution < -0.4 is 0 Å². The van der Waals surface area contributed by atoms with Gasteiger partial charge in [0.1, 0.15) is 11.2 Å². The first-order valence-corrected chi connectivity index (χ1v) is 16.9. The Morgan fingerprint density at radius 1 is 0.692 bits per heavy atom. The maximum atomic E-state index is 12.4. The lowest BCUT2D eigenvalue weighted by molar-refractivity contribution is 0.176. The smallest absolute Gasteiger partial charge is 0.335 e. The second-order valence-corrected chi connectivity index (χ2v) is 11.6. The van der Waals surface area contributed by atoms with E-state index in [9.17, 15) is 4.57 Å². The van der Waals surface area contributed by atoms with Gasteiger partial charge in [-0.2, -0.15) is 0 Å². The molecule has 0 aliphatic rings. The molecule has 8 nitrogen and oxygen atoms in total. The third-order valence-electron chi connectivity index (χ3n) is 4.99. The number of hydrogen-bond acceptors (Lipinski definition) is 8. The molecule has 0 unspecified atom stereocenters. The molecule has 0 aliphatic heterocycles. The van der Waals surface area contributed by atoms with Crippen molar-refractivity contribution in [1.29, 1.82) is 0 Å². The second kappa shape index (κ2) is 18.7. The van der Waals surface area contributed by atoms with Gasteiger partial charge in [-0.3, -0.25) is 4.57 Å². The highest BCUT2D eigenvalue weighted by Crippen LogP contribution is 2.52. The predicted molar refractivity (Wildman–Crippen MR) is 161 cm³/mol. The molecule has 0 amide bonds. The van der Waals surface area contributed by atoms with Gasteiger partial charge in [0, 0.05) is 27.2 Å². The summed E-state index contributed by atoms with van der Waals surface area (Å²) in [5.74, 6) is 0. The zero-order valence-electron chi connectivity index (χ0n) is 23.3. The average Bonchev–Trinajstić information content (AvgIpc) is 3.54. The molecule has 0 fully saturated rings. The predicted octanol–water partition coefficient (Wildman–Crippen LogP) is 9.85. The van der Waals surface area contributed by atoms with E-state index in [1.807, 2.05) is 63.2 Å². The second-order valence-electron chi connectivity index (χ2n) is 7.73. The lowest BCUT2D eigenvalue weighted by Gasteiger charge is -2.16. The summed E-state index contributed by atoms with van der Waals surface area (Å²) in [4.78, 5) is 0. The molecule has 0 spiro atoms. The Kier molecular flexibility index (Phi) is 16.2. The molecule has 2 aromatic carbocycles. The van der Waals surface area contributed by atoms with E-state index in [2.05, 4.69) is 22.0 Å². The number of halogens is 1. The van der Waals surface area contributed by atoms with E-state index < -0.39 is 16.2 Å². The summed E-state index contributed by atoms with van der Waals surface area (Å²) in [5.41, 5.74) is 3.81. The molecule has 0 saturated heterocycles. The van der Waals surface area contributed by atoms with E-state index in [4.69, 9.17) is 31.5 Å². The first-order valence-electron chi connectivity index (χ1n) is 13.0. The molecular formula is C28H39BrO8P2. The Morgan fingerprint density at radius 2 is 1.13 bits per heavy atom. The number of alkyl halides is 1. The van der Waals surface area contributed by atoms with Gasteiger partial charge in [-0.25, -0.2) is 0 Å². The molecular weight excluding hydrogens is 606 g/mol. The van der Waals surface area contributed by atoms with E-state index in [1.165, 1.54) is 10.9 Å². The van der Waals surface area contributed by atoms with Gasteiger partial charge in [0.25, 0.3) is 0 Å². The maximum absolute atomic E-state index is 12.4. The molecule has 2 aromatic heterocycles. The van der Waals surface area contributed by atoms with E-state index in [0.29, 0.717) is 33.0 Å². The zero-order chi connectivity index (χ0) is 28.5.